The first kappa shape index (κ1) is 20.4. The van der Waals surface area contributed by atoms with Crippen LogP contribution in [0.5, 0.6) is 5.75 Å². The fourth-order valence-electron chi connectivity index (χ4n) is 3.88. The lowest BCUT2D eigenvalue weighted by Gasteiger charge is -2.27. The number of halogens is 1. The number of carbonyl (C=O) groups excluding carboxylic acids is 2. The van der Waals surface area contributed by atoms with Gasteiger partial charge in [-0.15, -0.1) is 0 Å². The van der Waals surface area contributed by atoms with E-state index in [4.69, 9.17) is 9.47 Å². The lowest BCUT2D eigenvalue weighted by atomic mass is 9.88. The first-order valence-corrected chi connectivity index (χ1v) is 10.5. The summed E-state index contributed by atoms with van der Waals surface area (Å²) in [4.78, 5) is 27.0. The van der Waals surface area contributed by atoms with E-state index in [2.05, 4.69) is 0 Å². The quantitative estimate of drug-likeness (QED) is 0.645. The molecule has 1 unspecified atom stereocenters. The van der Waals surface area contributed by atoms with Crippen molar-refractivity contribution in [3.05, 3.63) is 54.3 Å². The number of carbonyl (C=O) groups is 2. The second-order valence-corrected chi connectivity index (χ2v) is 8.10. The molecule has 1 saturated carbocycles. The van der Waals surface area contributed by atoms with Gasteiger partial charge in [0.25, 0.3) is 0 Å². The van der Waals surface area contributed by atoms with E-state index in [9.17, 15) is 14.0 Å². The van der Waals surface area contributed by atoms with Crippen LogP contribution in [-0.2, 0) is 14.3 Å². The third-order valence-corrected chi connectivity index (χ3v) is 5.85. The summed E-state index contributed by atoms with van der Waals surface area (Å²) >= 11 is 0. The monoisotopic (exact) mass is 411 g/mol. The zero-order valence-corrected chi connectivity index (χ0v) is 17.1. The molecule has 0 radical (unpaired) electrons. The average Bonchev–Trinajstić information content (AvgIpc) is 3.52. The van der Waals surface area contributed by atoms with Crippen molar-refractivity contribution < 1.29 is 23.5 Å². The fourth-order valence-corrected chi connectivity index (χ4v) is 3.88. The lowest BCUT2D eigenvalue weighted by Crippen LogP contribution is -2.42. The van der Waals surface area contributed by atoms with E-state index in [-0.39, 0.29) is 30.2 Å². The fraction of sp³-hybridized carbons (Fsp3) is 0.417. The standard InChI is InChI=1S/C24H26FNO4/c1-2-29-23(28)24(13-14-26(15-24)22(27)19-3-4-19)16-30-21-11-7-18(8-12-21)17-5-9-20(25)10-6-17/h5-12,19H,2-4,13-16H2,1H3. The molecule has 30 heavy (non-hydrogen) atoms. The lowest BCUT2D eigenvalue weighted by molar-refractivity contribution is -0.156. The van der Waals surface area contributed by atoms with Gasteiger partial charge < -0.3 is 14.4 Å². The highest BCUT2D eigenvalue weighted by Gasteiger charge is 2.49. The van der Waals surface area contributed by atoms with E-state index in [0.717, 1.165) is 24.0 Å². The SMILES string of the molecule is CCOC(=O)C1(COc2ccc(-c3ccc(F)cc3)cc2)CCN(C(=O)C2CC2)C1. The number of likely N-dealkylation sites (tertiary alicyclic amines) is 1. The Morgan fingerprint density at radius 2 is 1.70 bits per heavy atom. The minimum Gasteiger partial charge on any atom is -0.492 e. The zero-order valence-electron chi connectivity index (χ0n) is 17.1. The normalized spacial score (nSPS) is 20.8. The van der Waals surface area contributed by atoms with Crippen LogP contribution >= 0.6 is 0 Å². The Kier molecular flexibility index (Phi) is 5.75. The highest BCUT2D eigenvalue weighted by atomic mass is 19.1. The molecule has 2 fully saturated rings. The molecule has 2 aromatic rings. The molecule has 6 heteroatoms. The molecule has 0 spiro atoms. The molecule has 2 aromatic carbocycles. The molecule has 1 aliphatic heterocycles. The van der Waals surface area contributed by atoms with Crippen LogP contribution in [0.15, 0.2) is 48.5 Å². The molecule has 1 heterocycles. The number of esters is 1. The Morgan fingerprint density at radius 3 is 2.30 bits per heavy atom. The number of hydrogen-bond donors (Lipinski definition) is 0. The van der Waals surface area contributed by atoms with Crippen molar-refractivity contribution in [3.63, 3.8) is 0 Å². The highest BCUT2D eigenvalue weighted by Crippen LogP contribution is 2.38. The van der Waals surface area contributed by atoms with E-state index in [1.165, 1.54) is 12.1 Å². The molecule has 5 nitrogen and oxygen atoms in total. The molecule has 158 valence electrons. The average molecular weight is 411 g/mol. The molecule has 0 bridgehead atoms. The van der Waals surface area contributed by atoms with Gasteiger partial charge in [0.2, 0.25) is 5.91 Å². The van der Waals surface area contributed by atoms with Crippen molar-refractivity contribution in [2.45, 2.75) is 26.2 Å². The number of ether oxygens (including phenoxy) is 2. The maximum atomic E-state index is 13.1. The first-order valence-electron chi connectivity index (χ1n) is 10.5. The molecule has 4 rings (SSSR count). The number of rotatable bonds is 7. The van der Waals surface area contributed by atoms with Gasteiger partial charge in [-0.25, -0.2) is 4.39 Å². The molecular weight excluding hydrogens is 385 g/mol. The molecule has 1 saturated heterocycles. The van der Waals surface area contributed by atoms with E-state index in [1.807, 2.05) is 24.3 Å². The highest BCUT2D eigenvalue weighted by molar-refractivity contribution is 5.84. The van der Waals surface area contributed by atoms with Gasteiger partial charge in [0.15, 0.2) is 0 Å². The summed E-state index contributed by atoms with van der Waals surface area (Å²) in [5, 5.41) is 0. The number of hydrogen-bond acceptors (Lipinski definition) is 4. The van der Waals surface area contributed by atoms with E-state index < -0.39 is 5.41 Å². The van der Waals surface area contributed by atoms with Crippen LogP contribution in [0.25, 0.3) is 11.1 Å². The van der Waals surface area contributed by atoms with Crippen molar-refractivity contribution in [2.75, 3.05) is 26.3 Å². The van der Waals surface area contributed by atoms with Crippen molar-refractivity contribution in [2.24, 2.45) is 11.3 Å². The Bertz CT molecular complexity index is 908. The van der Waals surface area contributed by atoms with Crippen molar-refractivity contribution in [3.8, 4) is 16.9 Å². The topological polar surface area (TPSA) is 55.8 Å². The van der Waals surface area contributed by atoms with Crippen LogP contribution < -0.4 is 4.74 Å². The van der Waals surface area contributed by atoms with Crippen LogP contribution in [-0.4, -0.2) is 43.1 Å². The summed E-state index contributed by atoms with van der Waals surface area (Å²) in [7, 11) is 0. The largest absolute Gasteiger partial charge is 0.492 e. The van der Waals surface area contributed by atoms with Crippen molar-refractivity contribution in [1.29, 1.82) is 0 Å². The van der Waals surface area contributed by atoms with Gasteiger partial charge in [0.05, 0.1) is 6.61 Å². The van der Waals surface area contributed by atoms with Crippen molar-refractivity contribution in [1.82, 2.24) is 4.90 Å². The summed E-state index contributed by atoms with van der Waals surface area (Å²) in [5.41, 5.74) is 1.02. The minimum absolute atomic E-state index is 0.128. The van der Waals surface area contributed by atoms with E-state index in [1.54, 1.807) is 24.0 Å². The molecule has 0 N–H and O–H groups in total. The predicted octanol–water partition coefficient (Wildman–Crippen LogP) is 4.06. The molecule has 1 aliphatic carbocycles. The summed E-state index contributed by atoms with van der Waals surface area (Å²) in [5.74, 6) is 0.331. The van der Waals surface area contributed by atoms with Gasteiger partial charge in [-0.2, -0.15) is 0 Å². The molecular formula is C24H26FNO4. The third-order valence-electron chi connectivity index (χ3n) is 5.85. The van der Waals surface area contributed by atoms with Gasteiger partial charge >= 0.3 is 5.97 Å². The van der Waals surface area contributed by atoms with Gasteiger partial charge in [-0.05, 0) is 61.6 Å². The van der Waals surface area contributed by atoms with Crippen LogP contribution in [0, 0.1) is 17.2 Å². The van der Waals surface area contributed by atoms with Crippen LogP contribution in [0.2, 0.25) is 0 Å². The summed E-state index contributed by atoms with van der Waals surface area (Å²) < 4.78 is 24.4. The molecule has 0 aromatic heterocycles. The minimum atomic E-state index is -0.837. The maximum Gasteiger partial charge on any atom is 0.317 e. The number of benzene rings is 2. The van der Waals surface area contributed by atoms with Gasteiger partial charge in [-0.3, -0.25) is 9.59 Å². The second-order valence-electron chi connectivity index (χ2n) is 8.10. The third kappa shape index (κ3) is 4.32. The number of nitrogens with zero attached hydrogens (tertiary/aromatic N) is 1. The van der Waals surface area contributed by atoms with Crippen LogP contribution in [0.4, 0.5) is 4.39 Å². The maximum absolute atomic E-state index is 13.1. The second kappa shape index (κ2) is 8.46. The molecule has 1 amide bonds. The summed E-state index contributed by atoms with van der Waals surface area (Å²) in [6.07, 6.45) is 2.43. The van der Waals surface area contributed by atoms with Gasteiger partial charge in [0, 0.05) is 19.0 Å². The number of amides is 1. The zero-order chi connectivity index (χ0) is 21.1. The Labute approximate surface area is 175 Å². The summed E-state index contributed by atoms with van der Waals surface area (Å²) in [6.45, 7) is 3.14. The molecule has 1 atom stereocenters. The van der Waals surface area contributed by atoms with Crippen molar-refractivity contribution >= 4 is 11.9 Å². The van der Waals surface area contributed by atoms with E-state index >= 15 is 0 Å². The van der Waals surface area contributed by atoms with E-state index in [0.29, 0.717) is 31.9 Å². The van der Waals surface area contributed by atoms with Crippen LogP contribution in [0.3, 0.4) is 0 Å². The molecule has 2 aliphatic rings. The Morgan fingerprint density at radius 1 is 1.07 bits per heavy atom. The van der Waals surface area contributed by atoms with Gasteiger partial charge in [-0.1, -0.05) is 24.3 Å². The smallest absolute Gasteiger partial charge is 0.317 e. The van der Waals surface area contributed by atoms with Crippen LogP contribution in [0.1, 0.15) is 26.2 Å². The first-order chi connectivity index (χ1) is 14.5. The Balaban J connectivity index is 1.44. The predicted molar refractivity (Wildman–Crippen MR) is 110 cm³/mol. The summed E-state index contributed by atoms with van der Waals surface area (Å²) in [6, 6.07) is 13.8. The van der Waals surface area contributed by atoms with Gasteiger partial charge in [0.1, 0.15) is 23.6 Å². The Hall–Kier alpha value is -2.89.